The molecular weight excluding hydrogens is 224 g/mol. The van der Waals surface area contributed by atoms with E-state index in [9.17, 15) is 0 Å². The molecule has 4 heteroatoms. The molecule has 2 unspecified atom stereocenters. The zero-order valence-electron chi connectivity index (χ0n) is 10.1. The van der Waals surface area contributed by atoms with Gasteiger partial charge in [-0.3, -0.25) is 10.1 Å². The highest BCUT2D eigenvalue weighted by Gasteiger charge is 2.54. The Morgan fingerprint density at radius 1 is 1.17 bits per heavy atom. The fraction of sp³-hybridized carbons (Fsp3) is 0.429. The molecule has 0 aromatic carbocycles. The number of H-pyrrole nitrogens is 1. The fourth-order valence-corrected chi connectivity index (χ4v) is 3.68. The molecule has 2 aromatic rings. The van der Waals surface area contributed by atoms with Crippen LogP contribution in [-0.2, 0) is 0 Å². The van der Waals surface area contributed by atoms with E-state index in [0.717, 1.165) is 23.0 Å². The normalized spacial score (nSPS) is 29.2. The molecule has 2 heterocycles. The lowest BCUT2D eigenvalue weighted by molar-refractivity contribution is 0.670. The summed E-state index contributed by atoms with van der Waals surface area (Å²) in [7, 11) is 0. The largest absolute Gasteiger partial charge is 0.382 e. The molecule has 2 fully saturated rings. The molecule has 2 saturated carbocycles. The second-order valence-corrected chi connectivity index (χ2v) is 5.42. The maximum atomic E-state index is 6.03. The number of hydrogen-bond acceptors (Lipinski definition) is 3. The standard InChI is InChI=1S/C14H16N4/c15-14-11(8-4-6-16-7-5-8)13(17-18-14)12-9-2-1-3-10(9)12/h4-7,9-10,12H,1-3H2,(H3,15,17,18). The number of nitrogens with two attached hydrogens (primary N) is 1. The van der Waals surface area contributed by atoms with Crippen molar-refractivity contribution in [3.8, 4) is 11.1 Å². The molecule has 3 N–H and O–H groups in total. The summed E-state index contributed by atoms with van der Waals surface area (Å²) in [4.78, 5) is 4.06. The first kappa shape index (κ1) is 10.1. The summed E-state index contributed by atoms with van der Waals surface area (Å²) in [5, 5.41) is 7.38. The van der Waals surface area contributed by atoms with Gasteiger partial charge in [-0.15, -0.1) is 0 Å². The molecule has 0 bridgehead atoms. The second-order valence-electron chi connectivity index (χ2n) is 5.42. The first-order valence-corrected chi connectivity index (χ1v) is 6.60. The summed E-state index contributed by atoms with van der Waals surface area (Å²) < 4.78 is 0. The molecule has 92 valence electrons. The molecule has 2 aliphatic carbocycles. The van der Waals surface area contributed by atoms with Crippen LogP contribution in [0.15, 0.2) is 24.5 Å². The fourth-order valence-electron chi connectivity index (χ4n) is 3.68. The van der Waals surface area contributed by atoms with Crippen molar-refractivity contribution in [3.63, 3.8) is 0 Å². The van der Waals surface area contributed by atoms with Gasteiger partial charge in [0.1, 0.15) is 0 Å². The Hall–Kier alpha value is -1.84. The number of nitrogen functional groups attached to an aromatic ring is 1. The van der Waals surface area contributed by atoms with Gasteiger partial charge in [0.25, 0.3) is 0 Å². The molecular formula is C14H16N4. The van der Waals surface area contributed by atoms with E-state index in [4.69, 9.17) is 5.73 Å². The van der Waals surface area contributed by atoms with Crippen molar-refractivity contribution < 1.29 is 0 Å². The summed E-state index contributed by atoms with van der Waals surface area (Å²) in [5.41, 5.74) is 9.49. The van der Waals surface area contributed by atoms with Crippen molar-refractivity contribution in [2.45, 2.75) is 25.2 Å². The Morgan fingerprint density at radius 3 is 2.61 bits per heavy atom. The van der Waals surface area contributed by atoms with Gasteiger partial charge in [-0.2, -0.15) is 5.10 Å². The lowest BCUT2D eigenvalue weighted by Crippen LogP contribution is -1.93. The van der Waals surface area contributed by atoms with Crippen molar-refractivity contribution >= 4 is 5.82 Å². The Bertz CT molecular complexity index is 565. The highest BCUT2D eigenvalue weighted by atomic mass is 15.2. The van der Waals surface area contributed by atoms with Gasteiger partial charge >= 0.3 is 0 Å². The van der Waals surface area contributed by atoms with Crippen LogP contribution in [-0.4, -0.2) is 15.2 Å². The zero-order valence-corrected chi connectivity index (χ0v) is 10.1. The minimum absolute atomic E-state index is 0.612. The molecule has 4 nitrogen and oxygen atoms in total. The predicted octanol–water partition coefficient (Wildman–Crippen LogP) is 2.57. The van der Waals surface area contributed by atoms with Crippen LogP contribution >= 0.6 is 0 Å². The topological polar surface area (TPSA) is 67.6 Å². The van der Waals surface area contributed by atoms with Gasteiger partial charge < -0.3 is 5.73 Å². The van der Waals surface area contributed by atoms with E-state index in [1.54, 1.807) is 12.4 Å². The summed E-state index contributed by atoms with van der Waals surface area (Å²) >= 11 is 0. The molecule has 0 spiro atoms. The number of aromatic nitrogens is 3. The average Bonchev–Trinajstić information content (AvgIpc) is 2.79. The Morgan fingerprint density at radius 2 is 1.89 bits per heavy atom. The highest BCUT2D eigenvalue weighted by molar-refractivity contribution is 5.77. The van der Waals surface area contributed by atoms with E-state index in [1.807, 2.05) is 12.1 Å². The second kappa shape index (κ2) is 3.57. The zero-order chi connectivity index (χ0) is 12.1. The third-order valence-electron chi connectivity index (χ3n) is 4.53. The van der Waals surface area contributed by atoms with Crippen LogP contribution in [0, 0.1) is 11.8 Å². The molecule has 2 atom stereocenters. The van der Waals surface area contributed by atoms with Crippen LogP contribution in [0.2, 0.25) is 0 Å². The number of nitrogens with zero attached hydrogens (tertiary/aromatic N) is 2. The molecule has 0 radical (unpaired) electrons. The minimum Gasteiger partial charge on any atom is -0.382 e. The van der Waals surface area contributed by atoms with E-state index in [0.29, 0.717) is 11.7 Å². The minimum atomic E-state index is 0.612. The lowest BCUT2D eigenvalue weighted by Gasteiger charge is -2.05. The number of hydrogen-bond donors (Lipinski definition) is 2. The van der Waals surface area contributed by atoms with Crippen LogP contribution in [0.1, 0.15) is 30.9 Å². The highest BCUT2D eigenvalue weighted by Crippen LogP contribution is 2.64. The quantitative estimate of drug-likeness (QED) is 0.847. The average molecular weight is 240 g/mol. The maximum absolute atomic E-state index is 6.03. The van der Waals surface area contributed by atoms with Crippen molar-refractivity contribution in [1.29, 1.82) is 0 Å². The SMILES string of the molecule is Nc1n[nH]c(C2C3CCCC32)c1-c1ccncc1. The first-order valence-electron chi connectivity index (χ1n) is 6.60. The van der Waals surface area contributed by atoms with Gasteiger partial charge in [0.15, 0.2) is 5.82 Å². The lowest BCUT2D eigenvalue weighted by atomic mass is 10.0. The summed E-state index contributed by atoms with van der Waals surface area (Å²) in [6.07, 6.45) is 7.73. The number of aromatic amines is 1. The molecule has 4 rings (SSSR count). The predicted molar refractivity (Wildman–Crippen MR) is 69.8 cm³/mol. The van der Waals surface area contributed by atoms with Crippen LogP contribution in [0.5, 0.6) is 0 Å². The van der Waals surface area contributed by atoms with Gasteiger partial charge in [0, 0.05) is 29.6 Å². The Labute approximate surface area is 106 Å². The third kappa shape index (κ3) is 1.32. The van der Waals surface area contributed by atoms with Crippen molar-refractivity contribution in [2.75, 3.05) is 5.73 Å². The Balaban J connectivity index is 1.77. The molecule has 0 saturated heterocycles. The first-order chi connectivity index (χ1) is 8.86. The van der Waals surface area contributed by atoms with Gasteiger partial charge in [0.05, 0.1) is 0 Å². The number of nitrogens with one attached hydrogen (secondary N) is 1. The van der Waals surface area contributed by atoms with E-state index in [1.165, 1.54) is 25.0 Å². The number of fused-ring (bicyclic) bond motifs is 1. The van der Waals surface area contributed by atoms with Gasteiger partial charge in [-0.25, -0.2) is 0 Å². The monoisotopic (exact) mass is 240 g/mol. The van der Waals surface area contributed by atoms with Gasteiger partial charge in [0.2, 0.25) is 0 Å². The summed E-state index contributed by atoms with van der Waals surface area (Å²) in [6, 6.07) is 4.01. The molecule has 0 aliphatic heterocycles. The Kier molecular flexibility index (Phi) is 2.01. The van der Waals surface area contributed by atoms with Crippen molar-refractivity contribution in [1.82, 2.24) is 15.2 Å². The number of pyridine rings is 1. The van der Waals surface area contributed by atoms with Crippen molar-refractivity contribution in [3.05, 3.63) is 30.2 Å². The molecule has 0 amide bonds. The summed E-state index contributed by atoms with van der Waals surface area (Å²) in [5.74, 6) is 3.00. The molecule has 2 aromatic heterocycles. The summed E-state index contributed by atoms with van der Waals surface area (Å²) in [6.45, 7) is 0. The van der Waals surface area contributed by atoms with Crippen LogP contribution in [0.4, 0.5) is 5.82 Å². The van der Waals surface area contributed by atoms with E-state index < -0.39 is 0 Å². The third-order valence-corrected chi connectivity index (χ3v) is 4.53. The van der Waals surface area contributed by atoms with Gasteiger partial charge in [-0.05, 0) is 42.4 Å². The van der Waals surface area contributed by atoms with Crippen molar-refractivity contribution in [2.24, 2.45) is 11.8 Å². The number of rotatable bonds is 2. The van der Waals surface area contributed by atoms with Crippen LogP contribution < -0.4 is 5.73 Å². The van der Waals surface area contributed by atoms with E-state index in [-0.39, 0.29) is 0 Å². The maximum Gasteiger partial charge on any atom is 0.153 e. The number of anilines is 1. The molecule has 18 heavy (non-hydrogen) atoms. The van der Waals surface area contributed by atoms with Gasteiger partial charge in [-0.1, -0.05) is 6.42 Å². The van der Waals surface area contributed by atoms with Crippen LogP contribution in [0.3, 0.4) is 0 Å². The van der Waals surface area contributed by atoms with E-state index in [2.05, 4.69) is 15.2 Å². The smallest absolute Gasteiger partial charge is 0.153 e. The van der Waals surface area contributed by atoms with Crippen LogP contribution in [0.25, 0.3) is 11.1 Å². The van der Waals surface area contributed by atoms with E-state index >= 15 is 0 Å². The molecule has 2 aliphatic rings.